The Kier molecular flexibility index (Phi) is 3.14. The molecule has 0 radical (unpaired) electrons. The van der Waals surface area contributed by atoms with E-state index in [0.717, 1.165) is 24.1 Å². The molecule has 0 aromatic carbocycles. The van der Waals surface area contributed by atoms with Crippen LogP contribution in [0.5, 0.6) is 0 Å². The standard InChI is InChI=1S/C9H16N2/c10-7-8-5-3-1-2-4-6-9(8)11/h7,10H,1-6,11H2. The molecule has 0 amide bonds. The molecule has 1 rings (SSSR count). The summed E-state index contributed by atoms with van der Waals surface area (Å²) in [6.07, 6.45) is 8.41. The summed E-state index contributed by atoms with van der Waals surface area (Å²) >= 11 is 0. The van der Waals surface area contributed by atoms with Crippen LogP contribution in [-0.4, -0.2) is 6.21 Å². The van der Waals surface area contributed by atoms with Crippen molar-refractivity contribution in [3.63, 3.8) is 0 Å². The quantitative estimate of drug-likeness (QED) is 0.556. The van der Waals surface area contributed by atoms with Crippen LogP contribution in [-0.2, 0) is 0 Å². The van der Waals surface area contributed by atoms with Crippen LogP contribution in [0.1, 0.15) is 38.5 Å². The summed E-state index contributed by atoms with van der Waals surface area (Å²) in [5, 5.41) is 7.13. The Bertz CT molecular complexity index is 170. The Morgan fingerprint density at radius 3 is 2.36 bits per heavy atom. The SMILES string of the molecule is N=CC1=C(N)CCCCCC1. The molecule has 0 saturated carbocycles. The Balaban J connectivity index is 2.63. The van der Waals surface area contributed by atoms with Crippen LogP contribution in [0.2, 0.25) is 0 Å². The lowest BCUT2D eigenvalue weighted by atomic mass is 9.98. The van der Waals surface area contributed by atoms with Gasteiger partial charge in [-0.15, -0.1) is 0 Å². The van der Waals surface area contributed by atoms with Crippen LogP contribution in [0.3, 0.4) is 0 Å². The van der Waals surface area contributed by atoms with Crippen molar-refractivity contribution < 1.29 is 0 Å². The van der Waals surface area contributed by atoms with Gasteiger partial charge in [0.05, 0.1) is 0 Å². The minimum absolute atomic E-state index is 0.944. The van der Waals surface area contributed by atoms with Crippen molar-refractivity contribution in [1.29, 1.82) is 5.41 Å². The molecule has 11 heavy (non-hydrogen) atoms. The summed E-state index contributed by atoms with van der Waals surface area (Å²) in [7, 11) is 0. The van der Waals surface area contributed by atoms with E-state index in [-0.39, 0.29) is 0 Å². The maximum atomic E-state index is 7.13. The van der Waals surface area contributed by atoms with Gasteiger partial charge < -0.3 is 11.1 Å². The van der Waals surface area contributed by atoms with Gasteiger partial charge in [-0.2, -0.15) is 0 Å². The lowest BCUT2D eigenvalue weighted by Crippen LogP contribution is -2.05. The summed E-state index contributed by atoms with van der Waals surface area (Å²) in [6, 6.07) is 0. The number of rotatable bonds is 1. The lowest BCUT2D eigenvalue weighted by molar-refractivity contribution is 0.617. The minimum atomic E-state index is 0.944. The first kappa shape index (κ1) is 8.31. The fourth-order valence-corrected chi connectivity index (χ4v) is 1.47. The first-order valence-electron chi connectivity index (χ1n) is 4.32. The van der Waals surface area contributed by atoms with Crippen LogP contribution in [0, 0.1) is 5.41 Å². The smallest absolute Gasteiger partial charge is 0.0227 e. The Morgan fingerprint density at radius 2 is 1.73 bits per heavy atom. The number of hydrogen-bond acceptors (Lipinski definition) is 2. The van der Waals surface area contributed by atoms with Gasteiger partial charge in [-0.05, 0) is 31.3 Å². The molecule has 0 aromatic rings. The van der Waals surface area contributed by atoms with Crippen molar-refractivity contribution in [3.8, 4) is 0 Å². The number of nitrogens with two attached hydrogens (primary N) is 1. The zero-order valence-corrected chi connectivity index (χ0v) is 6.90. The molecule has 0 aliphatic heterocycles. The van der Waals surface area contributed by atoms with Gasteiger partial charge >= 0.3 is 0 Å². The molecule has 1 aliphatic rings. The fraction of sp³-hybridized carbons (Fsp3) is 0.667. The molecule has 1 aliphatic carbocycles. The van der Waals surface area contributed by atoms with Crippen molar-refractivity contribution in [2.45, 2.75) is 38.5 Å². The van der Waals surface area contributed by atoms with Crippen LogP contribution in [0.15, 0.2) is 11.3 Å². The molecule has 2 heteroatoms. The van der Waals surface area contributed by atoms with Crippen LogP contribution < -0.4 is 5.73 Å². The predicted octanol–water partition coefficient (Wildman–Crippen LogP) is 2.20. The maximum Gasteiger partial charge on any atom is 0.0227 e. The molecule has 62 valence electrons. The highest BCUT2D eigenvalue weighted by Gasteiger charge is 2.04. The Hall–Kier alpha value is -0.790. The van der Waals surface area contributed by atoms with E-state index in [1.165, 1.54) is 31.9 Å². The fourth-order valence-electron chi connectivity index (χ4n) is 1.47. The molecule has 0 atom stereocenters. The van der Waals surface area contributed by atoms with Crippen LogP contribution in [0.4, 0.5) is 0 Å². The van der Waals surface area contributed by atoms with E-state index < -0.39 is 0 Å². The van der Waals surface area contributed by atoms with Gasteiger partial charge in [0.1, 0.15) is 0 Å². The third-order valence-electron chi connectivity index (χ3n) is 2.23. The molecule has 0 aromatic heterocycles. The molecular weight excluding hydrogens is 136 g/mol. The first-order valence-corrected chi connectivity index (χ1v) is 4.32. The van der Waals surface area contributed by atoms with E-state index >= 15 is 0 Å². The average molecular weight is 152 g/mol. The van der Waals surface area contributed by atoms with Gasteiger partial charge in [0.25, 0.3) is 0 Å². The zero-order chi connectivity index (χ0) is 8.10. The Morgan fingerprint density at radius 1 is 1.09 bits per heavy atom. The van der Waals surface area contributed by atoms with Gasteiger partial charge in [-0.1, -0.05) is 12.8 Å². The highest BCUT2D eigenvalue weighted by Crippen LogP contribution is 2.18. The van der Waals surface area contributed by atoms with Crippen molar-refractivity contribution in [2.24, 2.45) is 5.73 Å². The molecular formula is C9H16N2. The molecule has 0 unspecified atom stereocenters. The van der Waals surface area contributed by atoms with Gasteiger partial charge in [0.15, 0.2) is 0 Å². The van der Waals surface area contributed by atoms with Crippen molar-refractivity contribution in [3.05, 3.63) is 11.3 Å². The van der Waals surface area contributed by atoms with E-state index in [2.05, 4.69) is 0 Å². The summed E-state index contributed by atoms with van der Waals surface area (Å²) in [5.74, 6) is 0. The summed E-state index contributed by atoms with van der Waals surface area (Å²) in [6.45, 7) is 0. The largest absolute Gasteiger partial charge is 0.402 e. The number of allylic oxidation sites excluding steroid dienone is 2. The molecule has 2 nitrogen and oxygen atoms in total. The maximum absolute atomic E-state index is 7.13. The molecule has 0 heterocycles. The van der Waals surface area contributed by atoms with Gasteiger partial charge in [-0.25, -0.2) is 0 Å². The van der Waals surface area contributed by atoms with E-state index in [1.807, 2.05) is 0 Å². The number of nitrogens with one attached hydrogen (secondary N) is 1. The zero-order valence-electron chi connectivity index (χ0n) is 6.90. The molecule has 0 fully saturated rings. The van der Waals surface area contributed by atoms with Gasteiger partial charge in [0.2, 0.25) is 0 Å². The van der Waals surface area contributed by atoms with Crippen molar-refractivity contribution in [1.82, 2.24) is 0 Å². The summed E-state index contributed by atoms with van der Waals surface area (Å²) < 4.78 is 0. The van der Waals surface area contributed by atoms with E-state index in [4.69, 9.17) is 11.1 Å². The summed E-state index contributed by atoms with van der Waals surface area (Å²) in [4.78, 5) is 0. The minimum Gasteiger partial charge on any atom is -0.402 e. The number of hydrogen-bond donors (Lipinski definition) is 2. The Labute approximate surface area is 68.0 Å². The van der Waals surface area contributed by atoms with Gasteiger partial charge in [-0.3, -0.25) is 0 Å². The van der Waals surface area contributed by atoms with Crippen molar-refractivity contribution in [2.75, 3.05) is 0 Å². The van der Waals surface area contributed by atoms with E-state index in [0.29, 0.717) is 0 Å². The third kappa shape index (κ3) is 2.37. The topological polar surface area (TPSA) is 49.9 Å². The first-order chi connectivity index (χ1) is 5.34. The van der Waals surface area contributed by atoms with Crippen LogP contribution >= 0.6 is 0 Å². The predicted molar refractivity (Wildman–Crippen MR) is 47.7 cm³/mol. The summed E-state index contributed by atoms with van der Waals surface area (Å²) in [5.41, 5.74) is 7.79. The highest BCUT2D eigenvalue weighted by atomic mass is 14.6. The second-order valence-corrected chi connectivity index (χ2v) is 3.11. The third-order valence-corrected chi connectivity index (χ3v) is 2.23. The van der Waals surface area contributed by atoms with Crippen molar-refractivity contribution >= 4 is 6.21 Å². The lowest BCUT2D eigenvalue weighted by Gasteiger charge is -2.11. The normalized spacial score (nSPS) is 20.7. The molecule has 3 N–H and O–H groups in total. The second-order valence-electron chi connectivity index (χ2n) is 3.11. The monoisotopic (exact) mass is 152 g/mol. The van der Waals surface area contributed by atoms with Crippen LogP contribution in [0.25, 0.3) is 0 Å². The molecule has 0 bridgehead atoms. The molecule has 0 spiro atoms. The molecule has 0 saturated heterocycles. The highest BCUT2D eigenvalue weighted by molar-refractivity contribution is 5.76. The van der Waals surface area contributed by atoms with E-state index in [1.54, 1.807) is 0 Å². The van der Waals surface area contributed by atoms with Gasteiger partial charge in [0, 0.05) is 11.9 Å². The second kappa shape index (κ2) is 4.16. The van der Waals surface area contributed by atoms with E-state index in [9.17, 15) is 0 Å². The average Bonchev–Trinajstić information content (AvgIpc) is 1.98.